The molecule has 1 aromatic carbocycles. The molecule has 1 aliphatic heterocycles. The molecule has 1 unspecified atom stereocenters. The van der Waals surface area contributed by atoms with Crippen LogP contribution in [0.1, 0.15) is 12.5 Å². The number of carbonyl (C=O) groups is 1. The van der Waals surface area contributed by atoms with Crippen LogP contribution in [0.15, 0.2) is 23.2 Å². The number of aliphatic imine (C=N–C) groups is 1. The van der Waals surface area contributed by atoms with Gasteiger partial charge in [0.05, 0.1) is 14.2 Å². The maximum absolute atomic E-state index is 12.2. The normalized spacial score (nSPS) is 24.0. The molecule has 1 fully saturated rings. The molecular formula is C13H17N3O3. The average molecular weight is 263 g/mol. The summed E-state index contributed by atoms with van der Waals surface area (Å²) in [5, 5.41) is 5.75. The van der Waals surface area contributed by atoms with E-state index in [4.69, 9.17) is 9.47 Å². The lowest BCUT2D eigenvalue weighted by atomic mass is 9.91. The lowest BCUT2D eigenvalue weighted by Gasteiger charge is -2.24. The van der Waals surface area contributed by atoms with Gasteiger partial charge < -0.3 is 14.8 Å². The summed E-state index contributed by atoms with van der Waals surface area (Å²) in [6.45, 7) is 1.78. The molecule has 19 heavy (non-hydrogen) atoms. The Morgan fingerprint density at radius 2 is 2.00 bits per heavy atom. The standard InChI is InChI=1S/C13H17N3O3/c1-13(11(17)15-12(14-2)16-13)9-7-8(18-3)5-6-10(9)19-4/h5-7H,1-4H3,(H2,14,15,16,17). The number of rotatable bonds is 3. The quantitative estimate of drug-likeness (QED) is 0.838. The highest BCUT2D eigenvalue weighted by molar-refractivity contribution is 6.09. The van der Waals surface area contributed by atoms with Crippen LogP contribution in [0, 0.1) is 0 Å². The van der Waals surface area contributed by atoms with Gasteiger partial charge in [0.25, 0.3) is 5.91 Å². The summed E-state index contributed by atoms with van der Waals surface area (Å²) >= 11 is 0. The third-order valence-electron chi connectivity index (χ3n) is 3.22. The predicted octanol–water partition coefficient (Wildman–Crippen LogP) is 0.624. The van der Waals surface area contributed by atoms with Crippen LogP contribution >= 0.6 is 0 Å². The van der Waals surface area contributed by atoms with Crippen LogP contribution in [0.2, 0.25) is 0 Å². The zero-order chi connectivity index (χ0) is 14.0. The molecule has 0 aromatic heterocycles. The number of benzene rings is 1. The van der Waals surface area contributed by atoms with Crippen LogP contribution in [0.25, 0.3) is 0 Å². The molecule has 1 aromatic rings. The van der Waals surface area contributed by atoms with Gasteiger partial charge in [-0.2, -0.15) is 0 Å². The van der Waals surface area contributed by atoms with Gasteiger partial charge in [0.1, 0.15) is 17.0 Å². The van der Waals surface area contributed by atoms with Crippen molar-refractivity contribution in [2.75, 3.05) is 21.3 Å². The fourth-order valence-corrected chi connectivity index (χ4v) is 2.06. The SMILES string of the molecule is CN=C1NC(=O)C(C)(c2cc(OC)ccc2OC)N1. The van der Waals surface area contributed by atoms with Gasteiger partial charge in [0.15, 0.2) is 5.96 Å². The predicted molar refractivity (Wildman–Crippen MR) is 71.5 cm³/mol. The fourth-order valence-electron chi connectivity index (χ4n) is 2.06. The van der Waals surface area contributed by atoms with Gasteiger partial charge in [-0.05, 0) is 25.1 Å². The van der Waals surface area contributed by atoms with E-state index in [0.717, 1.165) is 0 Å². The molecule has 0 spiro atoms. The van der Waals surface area contributed by atoms with E-state index in [-0.39, 0.29) is 5.91 Å². The number of ether oxygens (including phenoxy) is 2. The summed E-state index contributed by atoms with van der Waals surface area (Å²) < 4.78 is 10.5. The van der Waals surface area contributed by atoms with E-state index in [9.17, 15) is 4.79 Å². The van der Waals surface area contributed by atoms with E-state index in [2.05, 4.69) is 15.6 Å². The van der Waals surface area contributed by atoms with Crippen LogP contribution in [-0.2, 0) is 10.3 Å². The second kappa shape index (κ2) is 4.79. The van der Waals surface area contributed by atoms with Gasteiger partial charge in [-0.25, -0.2) is 0 Å². The molecule has 6 heteroatoms. The molecule has 1 amide bonds. The van der Waals surface area contributed by atoms with Gasteiger partial charge in [0, 0.05) is 12.6 Å². The van der Waals surface area contributed by atoms with Crippen molar-refractivity contribution >= 4 is 11.9 Å². The molecule has 0 radical (unpaired) electrons. The maximum Gasteiger partial charge on any atom is 0.256 e. The highest BCUT2D eigenvalue weighted by Crippen LogP contribution is 2.34. The van der Waals surface area contributed by atoms with Gasteiger partial charge in [-0.15, -0.1) is 0 Å². The average Bonchev–Trinajstić information content (AvgIpc) is 2.74. The fraction of sp³-hybridized carbons (Fsp3) is 0.385. The third kappa shape index (κ3) is 2.09. The van der Waals surface area contributed by atoms with Crippen LogP contribution in [0.4, 0.5) is 0 Å². The summed E-state index contributed by atoms with van der Waals surface area (Å²) in [5.41, 5.74) is -0.236. The molecule has 1 aliphatic rings. The van der Waals surface area contributed by atoms with E-state index in [1.165, 1.54) is 0 Å². The van der Waals surface area contributed by atoms with Crippen molar-refractivity contribution in [3.05, 3.63) is 23.8 Å². The first-order valence-corrected chi connectivity index (χ1v) is 5.84. The van der Waals surface area contributed by atoms with Gasteiger partial charge >= 0.3 is 0 Å². The lowest BCUT2D eigenvalue weighted by molar-refractivity contribution is -0.123. The van der Waals surface area contributed by atoms with E-state index in [0.29, 0.717) is 23.0 Å². The molecule has 0 saturated carbocycles. The minimum absolute atomic E-state index is 0.181. The lowest BCUT2D eigenvalue weighted by Crippen LogP contribution is -2.41. The first-order valence-electron chi connectivity index (χ1n) is 5.84. The van der Waals surface area contributed by atoms with E-state index in [1.807, 2.05) is 0 Å². The number of carbonyl (C=O) groups excluding carboxylic acids is 1. The molecule has 0 bridgehead atoms. The minimum atomic E-state index is -0.936. The molecule has 102 valence electrons. The summed E-state index contributed by atoms with van der Waals surface area (Å²) in [6.07, 6.45) is 0. The van der Waals surface area contributed by atoms with Crippen LogP contribution in [0.3, 0.4) is 0 Å². The molecule has 1 saturated heterocycles. The van der Waals surface area contributed by atoms with E-state index in [1.54, 1.807) is 46.4 Å². The Bertz CT molecular complexity index is 542. The highest BCUT2D eigenvalue weighted by atomic mass is 16.5. The molecule has 2 rings (SSSR count). The zero-order valence-electron chi connectivity index (χ0n) is 11.4. The summed E-state index contributed by atoms with van der Waals surface area (Å²) in [6, 6.07) is 5.34. The second-order valence-corrected chi connectivity index (χ2v) is 4.34. The number of nitrogens with one attached hydrogen (secondary N) is 2. The third-order valence-corrected chi connectivity index (χ3v) is 3.22. The van der Waals surface area contributed by atoms with Crippen molar-refractivity contribution in [1.82, 2.24) is 10.6 Å². The Morgan fingerprint density at radius 3 is 2.53 bits per heavy atom. The van der Waals surface area contributed by atoms with Gasteiger partial charge in [0.2, 0.25) is 0 Å². The van der Waals surface area contributed by atoms with Gasteiger partial charge in [-0.3, -0.25) is 15.1 Å². The first kappa shape index (κ1) is 13.2. The second-order valence-electron chi connectivity index (χ2n) is 4.34. The zero-order valence-corrected chi connectivity index (χ0v) is 11.4. The Morgan fingerprint density at radius 1 is 1.26 bits per heavy atom. The van der Waals surface area contributed by atoms with Crippen LogP contribution in [0.5, 0.6) is 11.5 Å². The maximum atomic E-state index is 12.2. The Kier molecular flexibility index (Phi) is 3.33. The summed E-state index contributed by atoms with van der Waals surface area (Å²) in [5.74, 6) is 1.54. The molecule has 6 nitrogen and oxygen atoms in total. The minimum Gasteiger partial charge on any atom is -0.497 e. The molecule has 1 atom stereocenters. The van der Waals surface area contributed by atoms with Crippen molar-refractivity contribution in [2.24, 2.45) is 4.99 Å². The molecule has 1 heterocycles. The van der Waals surface area contributed by atoms with Crippen LogP contribution in [-0.4, -0.2) is 33.1 Å². The summed E-state index contributed by atoms with van der Waals surface area (Å²) in [4.78, 5) is 16.1. The largest absolute Gasteiger partial charge is 0.497 e. The molecule has 0 aliphatic carbocycles. The number of guanidine groups is 1. The van der Waals surface area contributed by atoms with Crippen LogP contribution < -0.4 is 20.1 Å². The van der Waals surface area contributed by atoms with E-state index < -0.39 is 5.54 Å². The van der Waals surface area contributed by atoms with Crippen molar-refractivity contribution in [3.8, 4) is 11.5 Å². The smallest absolute Gasteiger partial charge is 0.256 e. The highest BCUT2D eigenvalue weighted by Gasteiger charge is 2.44. The first-order chi connectivity index (χ1) is 9.05. The molecular weight excluding hydrogens is 246 g/mol. The van der Waals surface area contributed by atoms with Gasteiger partial charge in [-0.1, -0.05) is 0 Å². The summed E-state index contributed by atoms with van der Waals surface area (Å²) in [7, 11) is 4.75. The topological polar surface area (TPSA) is 72.0 Å². The Labute approximate surface area is 111 Å². The van der Waals surface area contributed by atoms with Crippen molar-refractivity contribution in [2.45, 2.75) is 12.5 Å². The Balaban J connectivity index is 2.53. The monoisotopic (exact) mass is 263 g/mol. The number of nitrogens with zero attached hydrogens (tertiary/aromatic N) is 1. The number of amides is 1. The Hall–Kier alpha value is -2.24. The van der Waals surface area contributed by atoms with E-state index >= 15 is 0 Å². The number of hydrogen-bond acceptors (Lipinski definition) is 4. The van der Waals surface area contributed by atoms with Crippen molar-refractivity contribution < 1.29 is 14.3 Å². The number of hydrogen-bond donors (Lipinski definition) is 2. The van der Waals surface area contributed by atoms with Crippen molar-refractivity contribution in [1.29, 1.82) is 0 Å². The molecule has 2 N–H and O–H groups in total. The van der Waals surface area contributed by atoms with Crippen molar-refractivity contribution in [3.63, 3.8) is 0 Å². The number of methoxy groups -OCH3 is 2.